The minimum atomic E-state index is -1.48. The molecule has 4 aromatic rings. The molecular formula is C70H94N6O16. The van der Waals surface area contributed by atoms with E-state index < -0.39 is 114 Å². The number of methoxy groups -OCH3 is 3. The molecule has 1 saturated heterocycles. The fourth-order valence-corrected chi connectivity index (χ4v) is 11.0. The summed E-state index contributed by atoms with van der Waals surface area (Å²) in [5, 5.41) is 7.56. The van der Waals surface area contributed by atoms with Gasteiger partial charge in [-0.3, -0.25) is 33.6 Å². The number of rotatable bonds is 13. The molecule has 92 heavy (non-hydrogen) atoms. The number of hydrogen-bond donors (Lipinski definition) is 2. The predicted octanol–water partition coefficient (Wildman–Crippen LogP) is 7.68. The molecule has 2 heterocycles. The smallest absolute Gasteiger partial charge is 0.330 e. The van der Waals surface area contributed by atoms with Crippen LogP contribution in [-0.2, 0) is 70.2 Å². The van der Waals surface area contributed by atoms with E-state index in [9.17, 15) is 38.4 Å². The molecule has 1 fully saturated rings. The molecule has 2 aliphatic heterocycles. The molecule has 0 radical (unpaired) electrons. The lowest BCUT2D eigenvalue weighted by molar-refractivity contribution is -0.165. The number of nitrogens with one attached hydrogen (secondary N) is 2. The fourth-order valence-electron chi connectivity index (χ4n) is 11.0. The highest BCUT2D eigenvalue weighted by molar-refractivity contribution is 6.38. The molecule has 2 N–H and O–H groups in total. The number of likely N-dealkylation sites (N-methyl/N-ethyl adjacent to an activating group) is 3. The highest BCUT2D eigenvalue weighted by atomic mass is 16.6. The standard InChI is InChI=1S/C70H94N6O16/c1-13-14-28-53-65(82)72-52(40-46-31-32-47-24-18-19-25-49(47)39-46)66(83)75(9)55(43-91-69(2,3)4)64(81)71-42-58(77)73(7)37-21-16-15-17-30-60(79)90-45-70(5,6)63(80)67(84)76-38-22-20-29-54(76)68(85)92-56(50-26-23-27-51(41-50)89-44-59(78)74(53)8)35-33-48-34-36-57(86-10)62(88-12)61(48)87-11/h17-19,23-27,30-32,34,36,39,41,52-56H,13-16,20-22,28-29,33,35,37-38,40,42-45H2,1-12H3,(H,71,81)(H,72,82)/b30-17+/t52-,53-,54-,55-,56+/m0/s1. The van der Waals surface area contributed by atoms with Crippen molar-refractivity contribution >= 4 is 63.9 Å². The number of ketones is 1. The Kier molecular flexibility index (Phi) is 27.0. The van der Waals surface area contributed by atoms with Crippen LogP contribution in [0.5, 0.6) is 23.0 Å². The molecule has 0 saturated carbocycles. The van der Waals surface area contributed by atoms with Crippen LogP contribution in [0.3, 0.4) is 0 Å². The number of aryl methyl sites for hydroxylation is 1. The van der Waals surface area contributed by atoms with E-state index in [0.29, 0.717) is 85.4 Å². The average Bonchev–Trinajstić information content (AvgIpc) is 0.846. The van der Waals surface area contributed by atoms with Gasteiger partial charge in [-0.1, -0.05) is 86.5 Å². The van der Waals surface area contributed by atoms with Gasteiger partial charge in [0.2, 0.25) is 35.2 Å². The summed E-state index contributed by atoms with van der Waals surface area (Å²) in [6, 6.07) is 18.9. The molecule has 0 aromatic heterocycles. The van der Waals surface area contributed by atoms with Crippen molar-refractivity contribution in [3.63, 3.8) is 0 Å². The van der Waals surface area contributed by atoms with Gasteiger partial charge in [0, 0.05) is 46.7 Å². The van der Waals surface area contributed by atoms with Gasteiger partial charge in [-0.15, -0.1) is 0 Å². The maximum absolute atomic E-state index is 15.1. The number of nitrogens with zero attached hydrogens (tertiary/aromatic N) is 4. The van der Waals surface area contributed by atoms with E-state index in [4.69, 9.17) is 33.2 Å². The minimum absolute atomic E-state index is 0.00216. The maximum Gasteiger partial charge on any atom is 0.330 e. The minimum Gasteiger partial charge on any atom is -0.493 e. The summed E-state index contributed by atoms with van der Waals surface area (Å²) in [6.45, 7) is 9.16. The normalized spacial score (nSPS) is 21.7. The Bertz CT molecular complexity index is 3270. The molecule has 6 amide bonds. The van der Waals surface area contributed by atoms with Crippen LogP contribution in [0.2, 0.25) is 0 Å². The van der Waals surface area contributed by atoms with Gasteiger partial charge < -0.3 is 63.4 Å². The summed E-state index contributed by atoms with van der Waals surface area (Å²) in [5.41, 5.74) is -0.340. The average molecular weight is 1280 g/mol. The Morgan fingerprint density at radius 3 is 2.15 bits per heavy atom. The van der Waals surface area contributed by atoms with Crippen molar-refractivity contribution in [1.82, 2.24) is 30.2 Å². The van der Waals surface area contributed by atoms with E-state index in [0.717, 1.165) is 10.8 Å². The number of piperidine rings is 1. The molecule has 2 bridgehead atoms. The Morgan fingerprint density at radius 2 is 1.45 bits per heavy atom. The number of hydrogen-bond acceptors (Lipinski definition) is 16. The summed E-state index contributed by atoms with van der Waals surface area (Å²) < 4.78 is 41.2. The predicted molar refractivity (Wildman–Crippen MR) is 346 cm³/mol. The molecule has 0 aliphatic carbocycles. The number of cyclic esters (lactones) is 2. The lowest BCUT2D eigenvalue weighted by Gasteiger charge is -2.36. The SMILES string of the molecule is CCCC[C@H]1C(=O)N[C@@H](Cc2ccc3ccccc3c2)C(=O)N(C)[C@@H](COC(C)(C)C)C(=O)NCC(=O)N(C)CCCC/C=C/C(=O)OCC(C)(C)C(=O)C(=O)N2CCCC[C@H]2C(=O)O[C@H](CCc2ccc(OC)c(OC)c2OC)c2cccc(c2)OCC(=O)N1C. The summed E-state index contributed by atoms with van der Waals surface area (Å²) in [4.78, 5) is 133. The molecule has 22 heteroatoms. The van der Waals surface area contributed by atoms with Gasteiger partial charge in [-0.05, 0) is 138 Å². The molecule has 6 rings (SSSR count). The highest BCUT2D eigenvalue weighted by Gasteiger charge is 2.43. The highest BCUT2D eigenvalue weighted by Crippen LogP contribution is 2.41. The fraction of sp³-hybridized carbons (Fsp3) is 0.529. The van der Waals surface area contributed by atoms with Crippen molar-refractivity contribution in [3.8, 4) is 23.0 Å². The monoisotopic (exact) mass is 1270 g/mol. The van der Waals surface area contributed by atoms with Crippen molar-refractivity contribution in [2.45, 2.75) is 154 Å². The molecule has 2 aliphatic rings. The second-order valence-electron chi connectivity index (χ2n) is 25.1. The number of carbonyl (C=O) groups is 9. The number of carbonyl (C=O) groups excluding carboxylic acids is 9. The third-order valence-electron chi connectivity index (χ3n) is 16.6. The van der Waals surface area contributed by atoms with Crippen LogP contribution in [0.4, 0.5) is 0 Å². The van der Waals surface area contributed by atoms with Crippen LogP contribution in [0.15, 0.2) is 91.0 Å². The van der Waals surface area contributed by atoms with Gasteiger partial charge in [0.25, 0.3) is 11.8 Å². The van der Waals surface area contributed by atoms with Crippen molar-refractivity contribution in [1.29, 1.82) is 0 Å². The summed E-state index contributed by atoms with van der Waals surface area (Å²) in [5.74, 6) is -4.70. The van der Waals surface area contributed by atoms with Crippen molar-refractivity contribution in [2.75, 3.05) is 81.9 Å². The van der Waals surface area contributed by atoms with E-state index in [2.05, 4.69) is 10.6 Å². The van der Waals surface area contributed by atoms with Crippen LogP contribution in [0.25, 0.3) is 10.8 Å². The van der Waals surface area contributed by atoms with Gasteiger partial charge in [0.15, 0.2) is 18.1 Å². The number of unbranched alkanes of at least 4 members (excludes halogenated alkanes) is 1. The van der Waals surface area contributed by atoms with Crippen LogP contribution < -0.4 is 29.6 Å². The first kappa shape index (κ1) is 72.5. The van der Waals surface area contributed by atoms with E-state index in [1.807, 2.05) is 55.5 Å². The Morgan fingerprint density at radius 1 is 0.717 bits per heavy atom. The Balaban J connectivity index is 1.35. The third kappa shape index (κ3) is 20.2. The first-order valence-corrected chi connectivity index (χ1v) is 31.7. The summed E-state index contributed by atoms with van der Waals surface area (Å²) in [6.07, 6.45) is 6.57. The lowest BCUT2D eigenvalue weighted by atomic mass is 9.87. The van der Waals surface area contributed by atoms with Gasteiger partial charge in [-0.2, -0.15) is 0 Å². The Hall–Kier alpha value is -8.53. The largest absolute Gasteiger partial charge is 0.493 e. The number of Topliss-reactive ketones (excluding diaryl/α,β-unsaturated/α-hetero) is 1. The number of allylic oxidation sites excluding steroid dienone is 1. The van der Waals surface area contributed by atoms with Gasteiger partial charge in [0.1, 0.15) is 42.6 Å². The number of esters is 2. The van der Waals surface area contributed by atoms with E-state index in [1.165, 1.54) is 74.9 Å². The molecule has 5 atom stereocenters. The lowest BCUT2D eigenvalue weighted by Crippen LogP contribution is -2.59. The maximum atomic E-state index is 15.1. The quantitative estimate of drug-likeness (QED) is 0.0961. The van der Waals surface area contributed by atoms with E-state index in [1.54, 1.807) is 64.2 Å². The molecule has 0 spiro atoms. The number of fused-ring (bicyclic) bond motifs is 4. The van der Waals surface area contributed by atoms with Gasteiger partial charge >= 0.3 is 11.9 Å². The number of benzene rings is 4. The zero-order valence-corrected chi connectivity index (χ0v) is 55.6. The second kappa shape index (κ2) is 34.2. The molecule has 0 unspecified atom stereocenters. The molecule has 22 nitrogen and oxygen atoms in total. The van der Waals surface area contributed by atoms with Crippen molar-refractivity contribution in [2.24, 2.45) is 5.41 Å². The number of amides is 6. The topological polar surface area (TPSA) is 255 Å². The Labute approximate surface area is 540 Å². The van der Waals surface area contributed by atoms with Gasteiger partial charge in [-0.25, -0.2) is 9.59 Å². The zero-order chi connectivity index (χ0) is 67.3. The number of ether oxygens (including phenoxy) is 7. The van der Waals surface area contributed by atoms with Crippen molar-refractivity contribution in [3.05, 3.63) is 108 Å². The molecule has 500 valence electrons. The summed E-state index contributed by atoms with van der Waals surface area (Å²) in [7, 11) is 9.04. The molecule has 4 aromatic carbocycles. The van der Waals surface area contributed by atoms with Gasteiger partial charge in [0.05, 0.1) is 45.5 Å². The van der Waals surface area contributed by atoms with E-state index in [-0.39, 0.29) is 51.0 Å². The second-order valence-corrected chi connectivity index (χ2v) is 25.1. The summed E-state index contributed by atoms with van der Waals surface area (Å²) >= 11 is 0. The first-order valence-electron chi connectivity index (χ1n) is 31.7. The zero-order valence-electron chi connectivity index (χ0n) is 55.6. The molecular weight excluding hydrogens is 1180 g/mol. The van der Waals surface area contributed by atoms with Crippen LogP contribution in [0.1, 0.15) is 129 Å². The van der Waals surface area contributed by atoms with Crippen LogP contribution >= 0.6 is 0 Å². The van der Waals surface area contributed by atoms with Crippen LogP contribution in [0, 0.1) is 5.41 Å². The first-order chi connectivity index (χ1) is 43.8. The van der Waals surface area contributed by atoms with E-state index >= 15 is 4.79 Å². The van der Waals surface area contributed by atoms with Crippen LogP contribution in [-0.4, -0.2) is 184 Å². The van der Waals surface area contributed by atoms with Crippen molar-refractivity contribution < 1.29 is 76.3 Å². The third-order valence-corrected chi connectivity index (χ3v) is 16.6.